The molecule has 0 saturated heterocycles. The Kier molecular flexibility index (Phi) is 2.06. The Morgan fingerprint density at radius 2 is 1.68 bits per heavy atom. The van der Waals surface area contributed by atoms with E-state index in [-0.39, 0.29) is 5.91 Å². The SMILES string of the molecule is O=C1Nc2ccc3ccccc3c2C12C=Cc1ccccc12. The first kappa shape index (κ1) is 11.8. The van der Waals surface area contributed by atoms with Crippen LogP contribution in [0, 0.1) is 0 Å². The van der Waals surface area contributed by atoms with Gasteiger partial charge in [-0.1, -0.05) is 66.7 Å². The molecule has 2 heteroatoms. The summed E-state index contributed by atoms with van der Waals surface area (Å²) in [4.78, 5) is 12.9. The lowest BCUT2D eigenvalue weighted by atomic mass is 9.75. The summed E-state index contributed by atoms with van der Waals surface area (Å²) < 4.78 is 0. The van der Waals surface area contributed by atoms with E-state index < -0.39 is 5.41 Å². The van der Waals surface area contributed by atoms with Crippen LogP contribution in [0.1, 0.15) is 16.7 Å². The number of anilines is 1. The highest BCUT2D eigenvalue weighted by molar-refractivity contribution is 6.16. The van der Waals surface area contributed by atoms with Gasteiger partial charge >= 0.3 is 0 Å². The van der Waals surface area contributed by atoms with Crippen molar-refractivity contribution in [2.75, 3.05) is 5.32 Å². The number of carbonyl (C=O) groups is 1. The maximum absolute atomic E-state index is 12.9. The number of nitrogens with one attached hydrogen (secondary N) is 1. The Labute approximate surface area is 128 Å². The molecule has 1 amide bonds. The standard InChI is InChI=1S/C20H13NO/c22-19-20(12-11-14-6-2-4-8-16(14)20)18-15-7-3-1-5-13(15)9-10-17(18)21-19/h1-12H,(H,21,22). The molecular formula is C20H13NO. The lowest BCUT2D eigenvalue weighted by molar-refractivity contribution is -0.118. The quantitative estimate of drug-likeness (QED) is 0.661. The minimum Gasteiger partial charge on any atom is -0.324 e. The van der Waals surface area contributed by atoms with Crippen LogP contribution in [0.2, 0.25) is 0 Å². The van der Waals surface area contributed by atoms with Crippen LogP contribution >= 0.6 is 0 Å². The van der Waals surface area contributed by atoms with Crippen LogP contribution in [-0.2, 0) is 10.2 Å². The van der Waals surface area contributed by atoms with Crippen LogP contribution in [0.3, 0.4) is 0 Å². The summed E-state index contributed by atoms with van der Waals surface area (Å²) >= 11 is 0. The van der Waals surface area contributed by atoms with Gasteiger partial charge in [-0.3, -0.25) is 4.79 Å². The van der Waals surface area contributed by atoms with E-state index >= 15 is 0 Å². The highest BCUT2D eigenvalue weighted by Gasteiger charge is 2.50. The van der Waals surface area contributed by atoms with E-state index in [9.17, 15) is 4.79 Å². The van der Waals surface area contributed by atoms with Gasteiger partial charge in [-0.15, -0.1) is 0 Å². The fraction of sp³-hybridized carbons (Fsp3) is 0.0500. The second kappa shape index (κ2) is 3.86. The van der Waals surface area contributed by atoms with Crippen molar-refractivity contribution in [3.05, 3.63) is 83.4 Å². The molecule has 1 heterocycles. The third kappa shape index (κ3) is 1.23. The molecule has 1 spiro atoms. The monoisotopic (exact) mass is 283 g/mol. The fourth-order valence-corrected chi connectivity index (χ4v) is 3.86. The van der Waals surface area contributed by atoms with Gasteiger partial charge in [0.05, 0.1) is 0 Å². The van der Waals surface area contributed by atoms with E-state index in [2.05, 4.69) is 41.7 Å². The average Bonchev–Trinajstić information content (AvgIpc) is 3.08. The van der Waals surface area contributed by atoms with Crippen molar-refractivity contribution in [3.8, 4) is 0 Å². The normalized spacial score (nSPS) is 21.2. The zero-order valence-corrected chi connectivity index (χ0v) is 11.8. The minimum atomic E-state index is -0.688. The van der Waals surface area contributed by atoms with Crippen molar-refractivity contribution in [2.24, 2.45) is 0 Å². The fourth-order valence-electron chi connectivity index (χ4n) is 3.86. The van der Waals surface area contributed by atoms with E-state index in [1.807, 2.05) is 36.4 Å². The van der Waals surface area contributed by atoms with E-state index in [1.54, 1.807) is 0 Å². The molecule has 2 aliphatic rings. The first-order valence-electron chi connectivity index (χ1n) is 7.43. The molecule has 1 aliphatic carbocycles. The van der Waals surface area contributed by atoms with Crippen molar-refractivity contribution >= 4 is 28.4 Å². The molecule has 1 N–H and O–H groups in total. The smallest absolute Gasteiger partial charge is 0.243 e. The van der Waals surface area contributed by atoms with Crippen molar-refractivity contribution in [3.63, 3.8) is 0 Å². The highest BCUT2D eigenvalue weighted by atomic mass is 16.2. The number of hydrogen-bond donors (Lipinski definition) is 1. The van der Waals surface area contributed by atoms with Crippen LogP contribution in [0.25, 0.3) is 16.8 Å². The zero-order chi connectivity index (χ0) is 14.7. The average molecular weight is 283 g/mol. The predicted octanol–water partition coefficient (Wildman–Crippen LogP) is 4.10. The van der Waals surface area contributed by atoms with Crippen LogP contribution in [0.4, 0.5) is 5.69 Å². The number of benzene rings is 3. The predicted molar refractivity (Wildman–Crippen MR) is 88.8 cm³/mol. The van der Waals surface area contributed by atoms with Crippen LogP contribution in [0.15, 0.2) is 66.7 Å². The number of amides is 1. The maximum Gasteiger partial charge on any atom is 0.243 e. The number of rotatable bonds is 0. The lowest BCUT2D eigenvalue weighted by Gasteiger charge is -2.23. The summed E-state index contributed by atoms with van der Waals surface area (Å²) in [5.74, 6) is 0.0417. The second-order valence-electron chi connectivity index (χ2n) is 5.89. The summed E-state index contributed by atoms with van der Waals surface area (Å²) in [6.07, 6.45) is 4.11. The molecule has 0 fully saturated rings. The van der Waals surface area contributed by atoms with E-state index in [0.29, 0.717) is 0 Å². The number of hydrogen-bond acceptors (Lipinski definition) is 1. The van der Waals surface area contributed by atoms with Crippen molar-refractivity contribution in [1.82, 2.24) is 0 Å². The molecule has 0 radical (unpaired) electrons. The van der Waals surface area contributed by atoms with Gasteiger partial charge in [0.2, 0.25) is 5.91 Å². The largest absolute Gasteiger partial charge is 0.324 e. The topological polar surface area (TPSA) is 29.1 Å². The molecule has 2 nitrogen and oxygen atoms in total. The van der Waals surface area contributed by atoms with E-state index in [0.717, 1.165) is 33.2 Å². The van der Waals surface area contributed by atoms with Crippen LogP contribution < -0.4 is 5.32 Å². The van der Waals surface area contributed by atoms with Crippen LogP contribution in [-0.4, -0.2) is 5.91 Å². The summed E-state index contributed by atoms with van der Waals surface area (Å²) in [5.41, 5.74) is 3.51. The molecule has 5 rings (SSSR count). The van der Waals surface area contributed by atoms with Gasteiger partial charge in [0.15, 0.2) is 0 Å². The number of carbonyl (C=O) groups excluding carboxylic acids is 1. The summed E-state index contributed by atoms with van der Waals surface area (Å²) in [6.45, 7) is 0. The molecule has 22 heavy (non-hydrogen) atoms. The van der Waals surface area contributed by atoms with Gasteiger partial charge in [0.25, 0.3) is 0 Å². The van der Waals surface area contributed by atoms with E-state index in [1.165, 1.54) is 0 Å². The van der Waals surface area contributed by atoms with Gasteiger partial charge < -0.3 is 5.32 Å². The third-order valence-electron chi connectivity index (χ3n) is 4.83. The molecule has 0 bridgehead atoms. The molecule has 3 aromatic rings. The third-order valence-corrected chi connectivity index (χ3v) is 4.83. The second-order valence-corrected chi connectivity index (χ2v) is 5.89. The van der Waals surface area contributed by atoms with Gasteiger partial charge in [-0.25, -0.2) is 0 Å². The van der Waals surface area contributed by atoms with Gasteiger partial charge in [-0.2, -0.15) is 0 Å². The van der Waals surface area contributed by atoms with Gasteiger partial charge in [0.1, 0.15) is 5.41 Å². The Hall–Kier alpha value is -2.87. The Balaban J connectivity index is 1.95. The molecule has 3 aromatic carbocycles. The summed E-state index contributed by atoms with van der Waals surface area (Å²) in [7, 11) is 0. The molecule has 0 saturated carbocycles. The summed E-state index contributed by atoms with van der Waals surface area (Å²) in [6, 6.07) is 20.5. The summed E-state index contributed by atoms with van der Waals surface area (Å²) in [5, 5.41) is 5.37. The van der Waals surface area contributed by atoms with Gasteiger partial charge in [-0.05, 0) is 28.0 Å². The molecular weight excluding hydrogens is 270 g/mol. The molecule has 1 aliphatic heterocycles. The number of fused-ring (bicyclic) bond motifs is 6. The Bertz CT molecular complexity index is 986. The first-order chi connectivity index (χ1) is 10.8. The van der Waals surface area contributed by atoms with Crippen LogP contribution in [0.5, 0.6) is 0 Å². The molecule has 0 aromatic heterocycles. The highest BCUT2D eigenvalue weighted by Crippen LogP contribution is 2.51. The Morgan fingerprint density at radius 1 is 0.864 bits per heavy atom. The molecule has 104 valence electrons. The lowest BCUT2D eigenvalue weighted by Crippen LogP contribution is -2.32. The van der Waals surface area contributed by atoms with Crippen molar-refractivity contribution in [2.45, 2.75) is 5.41 Å². The van der Waals surface area contributed by atoms with Crippen molar-refractivity contribution < 1.29 is 4.79 Å². The minimum absolute atomic E-state index is 0.0417. The van der Waals surface area contributed by atoms with Crippen molar-refractivity contribution in [1.29, 1.82) is 0 Å². The zero-order valence-electron chi connectivity index (χ0n) is 11.8. The van der Waals surface area contributed by atoms with Gasteiger partial charge in [0, 0.05) is 11.3 Å². The molecule has 1 atom stereocenters. The van der Waals surface area contributed by atoms with E-state index in [4.69, 9.17) is 0 Å². The Morgan fingerprint density at radius 3 is 2.64 bits per heavy atom. The first-order valence-corrected chi connectivity index (χ1v) is 7.43. The maximum atomic E-state index is 12.9. The molecule has 1 unspecified atom stereocenters.